The minimum Gasteiger partial charge on any atom is -0.384 e. The summed E-state index contributed by atoms with van der Waals surface area (Å²) < 4.78 is 6.90. The minimum atomic E-state index is 0.426. The number of methoxy groups -OCH3 is 1. The average Bonchev–Trinajstić information content (AvgIpc) is 2.75. The predicted molar refractivity (Wildman–Crippen MR) is 60.3 cm³/mol. The molecule has 0 saturated carbocycles. The van der Waals surface area contributed by atoms with Gasteiger partial charge in [-0.2, -0.15) is 0 Å². The maximum atomic E-state index is 5.07. The molecule has 1 N–H and O–H groups in total. The zero-order valence-corrected chi connectivity index (χ0v) is 9.42. The molecule has 0 radical (unpaired) electrons. The number of nitrogens with zero attached hydrogens (tertiary/aromatic N) is 4. The number of rotatable bonds is 5. The molecule has 0 amide bonds. The third-order valence-electron chi connectivity index (χ3n) is 2.28. The van der Waals surface area contributed by atoms with E-state index < -0.39 is 0 Å². The first-order valence-electron chi connectivity index (χ1n) is 5.18. The lowest BCUT2D eigenvalue weighted by Crippen LogP contribution is -2.16. The first-order chi connectivity index (χ1) is 7.81. The number of anilines is 1. The van der Waals surface area contributed by atoms with Crippen LogP contribution in [0.3, 0.4) is 0 Å². The highest BCUT2D eigenvalue weighted by Gasteiger charge is 2.06. The summed E-state index contributed by atoms with van der Waals surface area (Å²) in [5, 5.41) is 11.1. The maximum Gasteiger partial charge on any atom is 0.203 e. The summed E-state index contributed by atoms with van der Waals surface area (Å²) in [6.45, 7) is 3.64. The van der Waals surface area contributed by atoms with E-state index in [9.17, 15) is 0 Å². The van der Waals surface area contributed by atoms with Crippen LogP contribution in [-0.4, -0.2) is 39.8 Å². The highest BCUT2D eigenvalue weighted by atomic mass is 16.5. The second-order valence-electron chi connectivity index (χ2n) is 3.78. The van der Waals surface area contributed by atoms with Crippen LogP contribution in [0.1, 0.15) is 6.92 Å². The third kappa shape index (κ3) is 2.27. The van der Waals surface area contributed by atoms with Gasteiger partial charge in [-0.05, 0) is 5.92 Å². The molecule has 0 fully saturated rings. The van der Waals surface area contributed by atoms with Crippen LogP contribution in [0.5, 0.6) is 0 Å². The van der Waals surface area contributed by atoms with E-state index in [2.05, 4.69) is 27.4 Å². The quantitative estimate of drug-likeness (QED) is 0.809. The number of ether oxygens (including phenoxy) is 1. The second kappa shape index (κ2) is 4.89. The highest BCUT2D eigenvalue weighted by Crippen LogP contribution is 2.10. The van der Waals surface area contributed by atoms with E-state index in [0.717, 1.165) is 24.6 Å². The van der Waals surface area contributed by atoms with Gasteiger partial charge in [-0.25, -0.2) is 4.98 Å². The maximum absolute atomic E-state index is 5.07. The fraction of sp³-hybridized carbons (Fsp3) is 0.500. The summed E-state index contributed by atoms with van der Waals surface area (Å²) in [4.78, 5) is 4.24. The van der Waals surface area contributed by atoms with Crippen LogP contribution in [0.15, 0.2) is 18.7 Å². The third-order valence-corrected chi connectivity index (χ3v) is 2.28. The molecule has 0 aliphatic heterocycles. The molecule has 2 aromatic rings. The number of aromatic nitrogens is 4. The zero-order valence-electron chi connectivity index (χ0n) is 9.42. The van der Waals surface area contributed by atoms with Gasteiger partial charge >= 0.3 is 0 Å². The molecule has 6 nitrogen and oxygen atoms in total. The Morgan fingerprint density at radius 2 is 2.44 bits per heavy atom. The van der Waals surface area contributed by atoms with Gasteiger partial charge in [-0.3, -0.25) is 4.40 Å². The molecular weight excluding hydrogens is 206 g/mol. The molecular formula is C10H15N5O. The van der Waals surface area contributed by atoms with Crippen molar-refractivity contribution in [2.75, 3.05) is 25.6 Å². The Labute approximate surface area is 93.7 Å². The van der Waals surface area contributed by atoms with E-state index in [1.807, 2.05) is 10.6 Å². The van der Waals surface area contributed by atoms with Crippen molar-refractivity contribution < 1.29 is 4.74 Å². The van der Waals surface area contributed by atoms with Crippen molar-refractivity contribution >= 4 is 11.5 Å². The molecule has 0 aliphatic carbocycles. The second-order valence-corrected chi connectivity index (χ2v) is 3.78. The number of hydrogen-bond donors (Lipinski definition) is 1. The summed E-state index contributed by atoms with van der Waals surface area (Å²) in [7, 11) is 1.70. The smallest absolute Gasteiger partial charge is 0.203 e. The van der Waals surface area contributed by atoms with Crippen LogP contribution < -0.4 is 5.32 Å². The van der Waals surface area contributed by atoms with Crippen LogP contribution in [0.2, 0.25) is 0 Å². The Bertz CT molecular complexity index is 455. The fourth-order valence-electron chi connectivity index (χ4n) is 1.50. The van der Waals surface area contributed by atoms with E-state index in [4.69, 9.17) is 4.74 Å². The van der Waals surface area contributed by atoms with Gasteiger partial charge in [0.05, 0.1) is 6.61 Å². The van der Waals surface area contributed by atoms with Gasteiger partial charge in [0.15, 0.2) is 5.82 Å². The van der Waals surface area contributed by atoms with Crippen LogP contribution in [0.4, 0.5) is 5.82 Å². The van der Waals surface area contributed by atoms with Crippen molar-refractivity contribution in [3.05, 3.63) is 18.7 Å². The molecule has 1 atom stereocenters. The van der Waals surface area contributed by atoms with Crippen molar-refractivity contribution in [3.8, 4) is 0 Å². The van der Waals surface area contributed by atoms with Crippen molar-refractivity contribution in [3.63, 3.8) is 0 Å². The summed E-state index contributed by atoms with van der Waals surface area (Å²) in [6, 6.07) is 0. The van der Waals surface area contributed by atoms with E-state index in [-0.39, 0.29) is 0 Å². The van der Waals surface area contributed by atoms with E-state index in [0.29, 0.717) is 5.92 Å². The molecule has 0 aliphatic rings. The Morgan fingerprint density at radius 1 is 1.56 bits per heavy atom. The predicted octanol–water partition coefficient (Wildman–Crippen LogP) is 0.819. The zero-order chi connectivity index (χ0) is 11.4. The normalized spacial score (nSPS) is 12.9. The molecule has 2 rings (SSSR count). The summed E-state index contributed by atoms with van der Waals surface area (Å²) in [6.07, 6.45) is 5.19. The SMILES string of the molecule is COCC(C)CNc1nccn2cnnc12. The lowest BCUT2D eigenvalue weighted by molar-refractivity contribution is 0.164. The lowest BCUT2D eigenvalue weighted by atomic mass is 10.2. The van der Waals surface area contributed by atoms with Crippen LogP contribution in [0.25, 0.3) is 5.65 Å². The first kappa shape index (κ1) is 10.8. The molecule has 2 heterocycles. The molecule has 0 spiro atoms. The molecule has 2 aromatic heterocycles. The summed E-state index contributed by atoms with van der Waals surface area (Å²) in [5.41, 5.74) is 0.743. The van der Waals surface area contributed by atoms with Gasteiger partial charge in [0.25, 0.3) is 0 Å². The van der Waals surface area contributed by atoms with Gasteiger partial charge in [-0.15, -0.1) is 10.2 Å². The van der Waals surface area contributed by atoms with Crippen LogP contribution in [0, 0.1) is 5.92 Å². The Kier molecular flexibility index (Phi) is 3.31. The molecule has 0 aromatic carbocycles. The summed E-state index contributed by atoms with van der Waals surface area (Å²) in [5.74, 6) is 1.18. The topological polar surface area (TPSA) is 64.3 Å². The fourth-order valence-corrected chi connectivity index (χ4v) is 1.50. The van der Waals surface area contributed by atoms with E-state index >= 15 is 0 Å². The first-order valence-corrected chi connectivity index (χ1v) is 5.18. The molecule has 86 valence electrons. The van der Waals surface area contributed by atoms with E-state index in [1.54, 1.807) is 19.6 Å². The van der Waals surface area contributed by atoms with Crippen molar-refractivity contribution in [1.82, 2.24) is 19.6 Å². The van der Waals surface area contributed by atoms with Crippen molar-refractivity contribution in [1.29, 1.82) is 0 Å². The molecule has 6 heteroatoms. The van der Waals surface area contributed by atoms with Gasteiger partial charge in [0.2, 0.25) is 5.65 Å². The monoisotopic (exact) mass is 221 g/mol. The molecule has 16 heavy (non-hydrogen) atoms. The van der Waals surface area contributed by atoms with Crippen LogP contribution in [-0.2, 0) is 4.74 Å². The largest absolute Gasteiger partial charge is 0.384 e. The molecule has 0 bridgehead atoms. The van der Waals surface area contributed by atoms with E-state index in [1.165, 1.54) is 0 Å². The van der Waals surface area contributed by atoms with Crippen molar-refractivity contribution in [2.45, 2.75) is 6.92 Å². The Balaban J connectivity index is 2.06. The Hall–Kier alpha value is -1.69. The van der Waals surface area contributed by atoms with Gasteiger partial charge < -0.3 is 10.1 Å². The minimum absolute atomic E-state index is 0.426. The standard InChI is InChI=1S/C10H15N5O/c1-8(6-16-2)5-12-9-10-14-13-7-15(10)4-3-11-9/h3-4,7-8H,5-6H2,1-2H3,(H,11,12). The van der Waals surface area contributed by atoms with Gasteiger partial charge in [-0.1, -0.05) is 6.92 Å². The van der Waals surface area contributed by atoms with Crippen LogP contribution >= 0.6 is 0 Å². The van der Waals surface area contributed by atoms with Crippen molar-refractivity contribution in [2.24, 2.45) is 5.92 Å². The van der Waals surface area contributed by atoms with Gasteiger partial charge in [0.1, 0.15) is 6.33 Å². The number of nitrogens with one attached hydrogen (secondary N) is 1. The van der Waals surface area contributed by atoms with Gasteiger partial charge in [0, 0.05) is 26.0 Å². The highest BCUT2D eigenvalue weighted by molar-refractivity contribution is 5.61. The number of fused-ring (bicyclic) bond motifs is 1. The number of hydrogen-bond acceptors (Lipinski definition) is 5. The summed E-state index contributed by atoms with van der Waals surface area (Å²) >= 11 is 0. The Morgan fingerprint density at radius 3 is 3.25 bits per heavy atom. The average molecular weight is 221 g/mol. The molecule has 1 unspecified atom stereocenters. The lowest BCUT2D eigenvalue weighted by Gasteiger charge is -2.11. The molecule has 0 saturated heterocycles.